The van der Waals surface area contributed by atoms with E-state index in [1.54, 1.807) is 6.92 Å². The van der Waals surface area contributed by atoms with Crippen LogP contribution >= 0.6 is 22.6 Å². The Morgan fingerprint density at radius 2 is 2.08 bits per heavy atom. The standard InChI is InChI=1S/C19H20INO3/c1-3-24-19(23)16-11(2)21-14-9-6-10-15(22)18(14)17(16)12-7-4-5-8-13(12)20/h4-5,7-8,17,21H,3,6,9-10H2,1-2H3. The van der Waals surface area contributed by atoms with Crippen LogP contribution in [-0.2, 0) is 14.3 Å². The molecule has 0 bridgehead atoms. The first kappa shape index (κ1) is 17.2. The van der Waals surface area contributed by atoms with Gasteiger partial charge in [-0.15, -0.1) is 0 Å². The number of rotatable bonds is 3. The highest BCUT2D eigenvalue weighted by Crippen LogP contribution is 2.43. The van der Waals surface area contributed by atoms with E-state index in [9.17, 15) is 9.59 Å². The van der Waals surface area contributed by atoms with E-state index in [2.05, 4.69) is 27.9 Å². The lowest BCUT2D eigenvalue weighted by atomic mass is 9.75. The number of nitrogens with one attached hydrogen (secondary N) is 1. The Bertz CT molecular complexity index is 764. The van der Waals surface area contributed by atoms with Gasteiger partial charge in [-0.3, -0.25) is 4.79 Å². The van der Waals surface area contributed by atoms with Crippen molar-refractivity contribution >= 4 is 34.3 Å². The first-order valence-electron chi connectivity index (χ1n) is 8.20. The number of esters is 1. The van der Waals surface area contributed by atoms with Gasteiger partial charge in [-0.1, -0.05) is 18.2 Å². The summed E-state index contributed by atoms with van der Waals surface area (Å²) >= 11 is 2.27. The van der Waals surface area contributed by atoms with E-state index in [4.69, 9.17) is 4.74 Å². The van der Waals surface area contributed by atoms with Crippen LogP contribution in [0.1, 0.15) is 44.6 Å². The molecule has 0 aromatic heterocycles. The summed E-state index contributed by atoms with van der Waals surface area (Å²) in [5.74, 6) is -0.569. The molecule has 0 fully saturated rings. The maximum atomic E-state index is 12.7. The lowest BCUT2D eigenvalue weighted by molar-refractivity contribution is -0.138. The number of dihydropyridines is 1. The first-order chi connectivity index (χ1) is 11.5. The van der Waals surface area contributed by atoms with Crippen LogP contribution in [0.2, 0.25) is 0 Å². The van der Waals surface area contributed by atoms with Gasteiger partial charge in [0, 0.05) is 32.9 Å². The zero-order chi connectivity index (χ0) is 17.3. The van der Waals surface area contributed by atoms with Gasteiger partial charge < -0.3 is 10.1 Å². The number of hydrogen-bond donors (Lipinski definition) is 1. The lowest BCUT2D eigenvalue weighted by Gasteiger charge is -2.34. The van der Waals surface area contributed by atoms with Gasteiger partial charge >= 0.3 is 5.97 Å². The molecule has 0 radical (unpaired) electrons. The van der Waals surface area contributed by atoms with Crippen LogP contribution in [0.3, 0.4) is 0 Å². The third kappa shape index (κ3) is 3.01. The van der Waals surface area contributed by atoms with E-state index in [-0.39, 0.29) is 17.7 Å². The maximum Gasteiger partial charge on any atom is 0.336 e. The molecular weight excluding hydrogens is 417 g/mol. The third-order valence-corrected chi connectivity index (χ3v) is 5.47. The molecule has 0 amide bonds. The van der Waals surface area contributed by atoms with Crippen LogP contribution in [-0.4, -0.2) is 18.4 Å². The highest BCUT2D eigenvalue weighted by molar-refractivity contribution is 14.1. The van der Waals surface area contributed by atoms with Gasteiger partial charge in [0.1, 0.15) is 0 Å². The molecule has 1 aliphatic carbocycles. The molecule has 1 N–H and O–H groups in total. The third-order valence-electron chi connectivity index (χ3n) is 4.49. The largest absolute Gasteiger partial charge is 0.463 e. The van der Waals surface area contributed by atoms with E-state index in [1.165, 1.54) is 0 Å². The Hall–Kier alpha value is -1.63. The number of allylic oxidation sites excluding steroid dienone is 3. The number of benzene rings is 1. The zero-order valence-electron chi connectivity index (χ0n) is 13.8. The van der Waals surface area contributed by atoms with Gasteiger partial charge in [0.25, 0.3) is 0 Å². The fraction of sp³-hybridized carbons (Fsp3) is 0.368. The van der Waals surface area contributed by atoms with Gasteiger partial charge in [0.15, 0.2) is 5.78 Å². The van der Waals surface area contributed by atoms with E-state index in [0.29, 0.717) is 18.6 Å². The number of Topliss-reactive ketones (excluding diaryl/α,β-unsaturated/α-hetero) is 1. The van der Waals surface area contributed by atoms with Crippen molar-refractivity contribution in [2.75, 3.05) is 6.61 Å². The van der Waals surface area contributed by atoms with Crippen molar-refractivity contribution in [2.45, 2.75) is 39.0 Å². The predicted octanol–water partition coefficient (Wildman–Crippen LogP) is 3.82. The Morgan fingerprint density at radius 1 is 1.33 bits per heavy atom. The number of carbonyl (C=O) groups is 2. The summed E-state index contributed by atoms with van der Waals surface area (Å²) in [5, 5.41) is 3.29. The number of ketones is 1. The van der Waals surface area contributed by atoms with Crippen LogP contribution in [0, 0.1) is 3.57 Å². The van der Waals surface area contributed by atoms with Crippen molar-refractivity contribution in [1.82, 2.24) is 5.32 Å². The summed E-state index contributed by atoms with van der Waals surface area (Å²) in [7, 11) is 0. The molecule has 2 aliphatic rings. The highest BCUT2D eigenvalue weighted by Gasteiger charge is 2.39. The molecular formula is C19H20INO3. The lowest BCUT2D eigenvalue weighted by Crippen LogP contribution is -2.34. The average Bonchev–Trinajstić information content (AvgIpc) is 2.54. The van der Waals surface area contributed by atoms with Gasteiger partial charge in [-0.25, -0.2) is 4.79 Å². The zero-order valence-corrected chi connectivity index (χ0v) is 16.0. The maximum absolute atomic E-state index is 12.7. The molecule has 24 heavy (non-hydrogen) atoms. The summed E-state index contributed by atoms with van der Waals surface area (Å²) in [6, 6.07) is 7.91. The second-order valence-corrected chi connectivity index (χ2v) is 7.17. The summed E-state index contributed by atoms with van der Waals surface area (Å²) in [5.41, 5.74) is 4.02. The molecule has 126 valence electrons. The number of halogens is 1. The van der Waals surface area contributed by atoms with Crippen molar-refractivity contribution in [3.63, 3.8) is 0 Å². The molecule has 1 unspecified atom stereocenters. The van der Waals surface area contributed by atoms with Crippen molar-refractivity contribution < 1.29 is 14.3 Å². The van der Waals surface area contributed by atoms with Crippen LogP contribution in [0.15, 0.2) is 46.8 Å². The second kappa shape index (κ2) is 7.09. The number of ether oxygens (including phenoxy) is 1. The summed E-state index contributed by atoms with van der Waals surface area (Å²) in [6.45, 7) is 3.99. The van der Waals surface area contributed by atoms with E-state index in [1.807, 2.05) is 31.2 Å². The van der Waals surface area contributed by atoms with Crippen LogP contribution < -0.4 is 5.32 Å². The van der Waals surface area contributed by atoms with E-state index < -0.39 is 0 Å². The fourth-order valence-electron chi connectivity index (χ4n) is 3.48. The van der Waals surface area contributed by atoms with Crippen LogP contribution in [0.4, 0.5) is 0 Å². The second-order valence-electron chi connectivity index (χ2n) is 6.01. The van der Waals surface area contributed by atoms with Crippen molar-refractivity contribution in [1.29, 1.82) is 0 Å². The fourth-order valence-corrected chi connectivity index (χ4v) is 4.18. The molecule has 5 heteroatoms. The first-order valence-corrected chi connectivity index (χ1v) is 9.28. The molecule has 1 aliphatic heterocycles. The van der Waals surface area contributed by atoms with Gasteiger partial charge in [0.2, 0.25) is 0 Å². The monoisotopic (exact) mass is 437 g/mol. The summed E-state index contributed by atoms with van der Waals surface area (Å²) in [4.78, 5) is 25.3. The number of hydrogen-bond acceptors (Lipinski definition) is 4. The van der Waals surface area contributed by atoms with Gasteiger partial charge in [0.05, 0.1) is 12.2 Å². The van der Waals surface area contributed by atoms with Crippen LogP contribution in [0.5, 0.6) is 0 Å². The molecule has 0 saturated carbocycles. The summed E-state index contributed by atoms with van der Waals surface area (Å²) < 4.78 is 6.33. The van der Waals surface area contributed by atoms with E-state index >= 15 is 0 Å². The van der Waals surface area contributed by atoms with Crippen molar-refractivity contribution in [3.8, 4) is 0 Å². The van der Waals surface area contributed by atoms with Crippen LogP contribution in [0.25, 0.3) is 0 Å². The number of carbonyl (C=O) groups excluding carboxylic acids is 2. The Balaban J connectivity index is 2.19. The minimum atomic E-state index is -0.350. The molecule has 1 aromatic carbocycles. The minimum absolute atomic E-state index is 0.128. The molecule has 4 nitrogen and oxygen atoms in total. The molecule has 0 spiro atoms. The quantitative estimate of drug-likeness (QED) is 0.577. The molecule has 1 atom stereocenters. The Labute approximate surface area is 155 Å². The average molecular weight is 437 g/mol. The molecule has 3 rings (SSSR count). The normalized spacial score (nSPS) is 20.6. The highest BCUT2D eigenvalue weighted by atomic mass is 127. The van der Waals surface area contributed by atoms with Gasteiger partial charge in [-0.05, 0) is 60.9 Å². The van der Waals surface area contributed by atoms with Crippen molar-refractivity contribution in [2.24, 2.45) is 0 Å². The molecule has 1 heterocycles. The van der Waals surface area contributed by atoms with E-state index in [0.717, 1.165) is 38.9 Å². The molecule has 1 aromatic rings. The minimum Gasteiger partial charge on any atom is -0.463 e. The topological polar surface area (TPSA) is 55.4 Å². The summed E-state index contributed by atoms with van der Waals surface area (Å²) in [6.07, 6.45) is 2.23. The predicted molar refractivity (Wildman–Crippen MR) is 100 cm³/mol. The Kier molecular flexibility index (Phi) is 5.08. The Morgan fingerprint density at radius 3 is 2.79 bits per heavy atom. The SMILES string of the molecule is CCOC(=O)C1=C(C)NC2=C(C(=O)CCC2)C1c1ccccc1I. The van der Waals surface area contributed by atoms with Crippen molar-refractivity contribution in [3.05, 3.63) is 55.9 Å². The van der Waals surface area contributed by atoms with Gasteiger partial charge in [-0.2, -0.15) is 0 Å². The smallest absolute Gasteiger partial charge is 0.336 e. The molecule has 0 saturated heterocycles.